The Morgan fingerprint density at radius 3 is 2.30 bits per heavy atom. The van der Waals surface area contributed by atoms with Gasteiger partial charge in [0.05, 0.1) is 5.69 Å². The summed E-state index contributed by atoms with van der Waals surface area (Å²) in [4.78, 5) is 44.3. The van der Waals surface area contributed by atoms with Crippen molar-refractivity contribution < 1.29 is 18.8 Å². The van der Waals surface area contributed by atoms with E-state index in [9.17, 15) is 18.8 Å². The van der Waals surface area contributed by atoms with Crippen LogP contribution in [-0.2, 0) is 22.6 Å². The van der Waals surface area contributed by atoms with Crippen LogP contribution in [0.25, 0.3) is 10.8 Å². The standard InChI is InChI=1S/C33H32FN3O3/c1-3-22(2)35-32(39)29(19-23-9-5-4-6-10-23)36(20-24-15-17-26(34)18-16-24)30(38)21-37-28-14-8-12-25-11-7-13-27(31(25)28)33(37)40/h4-18,22,29H,3,19-21H2,1-2H3,(H,35,39)/t22-,29+/m0/s1. The summed E-state index contributed by atoms with van der Waals surface area (Å²) in [6.07, 6.45) is 1.03. The number of rotatable bonds is 10. The Morgan fingerprint density at radius 1 is 0.900 bits per heavy atom. The van der Waals surface area contributed by atoms with Crippen molar-refractivity contribution in [3.63, 3.8) is 0 Å². The highest BCUT2D eigenvalue weighted by Crippen LogP contribution is 2.37. The van der Waals surface area contributed by atoms with E-state index in [0.29, 0.717) is 23.2 Å². The molecule has 0 radical (unpaired) electrons. The van der Waals surface area contributed by atoms with Gasteiger partial charge in [0.2, 0.25) is 11.8 Å². The average Bonchev–Trinajstić information content (AvgIpc) is 3.24. The molecular formula is C33H32FN3O3. The number of anilines is 1. The van der Waals surface area contributed by atoms with Gasteiger partial charge in [-0.1, -0.05) is 73.7 Å². The monoisotopic (exact) mass is 537 g/mol. The fraction of sp³-hybridized carbons (Fsp3) is 0.242. The van der Waals surface area contributed by atoms with Crippen molar-refractivity contribution in [3.8, 4) is 0 Å². The van der Waals surface area contributed by atoms with E-state index in [2.05, 4.69) is 5.32 Å². The summed E-state index contributed by atoms with van der Waals surface area (Å²) in [6, 6.07) is 25.7. The molecule has 2 atom stereocenters. The van der Waals surface area contributed by atoms with Crippen LogP contribution in [0.2, 0.25) is 0 Å². The SMILES string of the molecule is CC[C@H](C)NC(=O)[C@@H](Cc1ccccc1)N(Cc1ccc(F)cc1)C(=O)CN1C(=O)c2cccc3cccc1c23. The second-order valence-corrected chi connectivity index (χ2v) is 10.2. The number of halogens is 1. The number of hydrogen-bond acceptors (Lipinski definition) is 3. The van der Waals surface area contributed by atoms with E-state index in [1.807, 2.05) is 74.5 Å². The topological polar surface area (TPSA) is 69.7 Å². The molecule has 40 heavy (non-hydrogen) atoms. The molecule has 204 valence electrons. The molecule has 0 saturated carbocycles. The molecule has 3 amide bonds. The predicted octanol–water partition coefficient (Wildman–Crippen LogP) is 5.49. The molecule has 1 aliphatic heterocycles. The Hall–Kier alpha value is -4.52. The molecule has 0 aliphatic carbocycles. The highest BCUT2D eigenvalue weighted by molar-refractivity contribution is 6.26. The van der Waals surface area contributed by atoms with Crippen molar-refractivity contribution in [2.24, 2.45) is 0 Å². The van der Waals surface area contributed by atoms with Gasteiger partial charge in [-0.15, -0.1) is 0 Å². The van der Waals surface area contributed by atoms with E-state index < -0.39 is 6.04 Å². The maximum absolute atomic E-state index is 14.2. The van der Waals surface area contributed by atoms with Gasteiger partial charge in [-0.05, 0) is 54.1 Å². The van der Waals surface area contributed by atoms with Crippen molar-refractivity contribution in [1.29, 1.82) is 0 Å². The summed E-state index contributed by atoms with van der Waals surface area (Å²) in [7, 11) is 0. The lowest BCUT2D eigenvalue weighted by Gasteiger charge is -2.33. The maximum atomic E-state index is 14.2. The highest BCUT2D eigenvalue weighted by atomic mass is 19.1. The lowest BCUT2D eigenvalue weighted by Crippen LogP contribution is -2.54. The number of carbonyl (C=O) groups excluding carboxylic acids is 3. The first-order valence-electron chi connectivity index (χ1n) is 13.6. The van der Waals surface area contributed by atoms with Crippen LogP contribution in [0.3, 0.4) is 0 Å². The van der Waals surface area contributed by atoms with Crippen LogP contribution in [0.4, 0.5) is 10.1 Å². The van der Waals surface area contributed by atoms with Crippen LogP contribution in [-0.4, -0.2) is 41.2 Å². The van der Waals surface area contributed by atoms with Gasteiger partial charge in [-0.25, -0.2) is 4.39 Å². The molecule has 0 fully saturated rings. The third-order valence-corrected chi connectivity index (χ3v) is 7.48. The Kier molecular flexibility index (Phi) is 7.91. The Morgan fingerprint density at radius 2 is 1.60 bits per heavy atom. The number of nitrogens with one attached hydrogen (secondary N) is 1. The van der Waals surface area contributed by atoms with Gasteiger partial charge in [0, 0.05) is 30.0 Å². The van der Waals surface area contributed by atoms with Crippen LogP contribution in [0.15, 0.2) is 91.0 Å². The Labute approximate surface area is 233 Å². The minimum absolute atomic E-state index is 0.0826. The number of nitrogens with zero attached hydrogens (tertiary/aromatic N) is 2. The molecule has 4 aromatic rings. The van der Waals surface area contributed by atoms with Gasteiger partial charge in [0.25, 0.3) is 5.91 Å². The van der Waals surface area contributed by atoms with Crippen LogP contribution in [0.1, 0.15) is 41.8 Å². The normalized spacial score (nSPS) is 13.8. The molecule has 0 unspecified atom stereocenters. The fourth-order valence-corrected chi connectivity index (χ4v) is 5.14. The van der Waals surface area contributed by atoms with E-state index in [1.165, 1.54) is 21.9 Å². The third kappa shape index (κ3) is 5.59. The molecular weight excluding hydrogens is 505 g/mol. The molecule has 5 rings (SSSR count). The van der Waals surface area contributed by atoms with E-state index in [-0.39, 0.29) is 42.7 Å². The molecule has 0 saturated heterocycles. The first-order valence-corrected chi connectivity index (χ1v) is 13.6. The zero-order valence-electron chi connectivity index (χ0n) is 22.6. The first kappa shape index (κ1) is 27.1. The number of benzene rings is 4. The molecule has 1 aliphatic rings. The molecule has 7 heteroatoms. The van der Waals surface area contributed by atoms with Crippen LogP contribution >= 0.6 is 0 Å². The summed E-state index contributed by atoms with van der Waals surface area (Å²) < 4.78 is 13.7. The molecule has 0 bridgehead atoms. The second-order valence-electron chi connectivity index (χ2n) is 10.2. The van der Waals surface area contributed by atoms with Crippen molar-refractivity contribution in [2.75, 3.05) is 11.4 Å². The maximum Gasteiger partial charge on any atom is 0.259 e. The quantitative estimate of drug-likeness (QED) is 0.291. The predicted molar refractivity (Wildman–Crippen MR) is 154 cm³/mol. The molecule has 0 spiro atoms. The Balaban J connectivity index is 1.51. The largest absolute Gasteiger partial charge is 0.352 e. The first-order chi connectivity index (χ1) is 19.4. The van der Waals surface area contributed by atoms with Gasteiger partial charge in [-0.2, -0.15) is 0 Å². The van der Waals surface area contributed by atoms with Crippen LogP contribution in [0.5, 0.6) is 0 Å². The van der Waals surface area contributed by atoms with Crippen LogP contribution in [0, 0.1) is 5.82 Å². The smallest absolute Gasteiger partial charge is 0.259 e. The van der Waals surface area contributed by atoms with Crippen molar-refractivity contribution >= 4 is 34.2 Å². The van der Waals surface area contributed by atoms with E-state index >= 15 is 0 Å². The minimum atomic E-state index is -0.843. The lowest BCUT2D eigenvalue weighted by molar-refractivity contribution is -0.140. The van der Waals surface area contributed by atoms with Crippen LogP contribution < -0.4 is 10.2 Å². The van der Waals surface area contributed by atoms with Gasteiger partial charge in [0.15, 0.2) is 0 Å². The summed E-state index contributed by atoms with van der Waals surface area (Å²) in [5, 5.41) is 4.79. The number of hydrogen-bond donors (Lipinski definition) is 1. The van der Waals surface area contributed by atoms with E-state index in [1.54, 1.807) is 18.2 Å². The summed E-state index contributed by atoms with van der Waals surface area (Å²) >= 11 is 0. The lowest BCUT2D eigenvalue weighted by atomic mass is 10.0. The van der Waals surface area contributed by atoms with Crippen molar-refractivity contribution in [2.45, 2.75) is 45.3 Å². The molecule has 1 heterocycles. The molecule has 6 nitrogen and oxygen atoms in total. The van der Waals surface area contributed by atoms with Gasteiger partial charge < -0.3 is 10.2 Å². The zero-order chi connectivity index (χ0) is 28.2. The van der Waals surface area contributed by atoms with Gasteiger partial charge in [-0.3, -0.25) is 19.3 Å². The molecule has 1 N–H and O–H groups in total. The van der Waals surface area contributed by atoms with Gasteiger partial charge >= 0.3 is 0 Å². The van der Waals surface area contributed by atoms with Crippen molar-refractivity contribution in [1.82, 2.24) is 10.2 Å². The highest BCUT2D eigenvalue weighted by Gasteiger charge is 2.36. The second kappa shape index (κ2) is 11.7. The number of carbonyl (C=O) groups is 3. The number of amides is 3. The Bertz CT molecular complexity index is 1530. The average molecular weight is 538 g/mol. The summed E-state index contributed by atoms with van der Waals surface area (Å²) in [5.74, 6) is -1.27. The molecule has 0 aromatic heterocycles. The molecule has 4 aromatic carbocycles. The third-order valence-electron chi connectivity index (χ3n) is 7.48. The van der Waals surface area contributed by atoms with E-state index in [4.69, 9.17) is 0 Å². The fourth-order valence-electron chi connectivity index (χ4n) is 5.14. The zero-order valence-corrected chi connectivity index (χ0v) is 22.6. The van der Waals surface area contributed by atoms with Gasteiger partial charge in [0.1, 0.15) is 18.4 Å². The summed E-state index contributed by atoms with van der Waals surface area (Å²) in [6.45, 7) is 3.76. The summed E-state index contributed by atoms with van der Waals surface area (Å²) in [5.41, 5.74) is 2.82. The minimum Gasteiger partial charge on any atom is -0.352 e. The van der Waals surface area contributed by atoms with Crippen molar-refractivity contribution in [3.05, 3.63) is 114 Å². The van der Waals surface area contributed by atoms with E-state index in [0.717, 1.165) is 22.8 Å².